The van der Waals surface area contributed by atoms with E-state index in [4.69, 9.17) is 11.6 Å². The minimum absolute atomic E-state index is 0.112. The first-order valence-electron chi connectivity index (χ1n) is 8.58. The van der Waals surface area contributed by atoms with Crippen LogP contribution in [0.25, 0.3) is 4.96 Å². The van der Waals surface area contributed by atoms with Crippen LogP contribution >= 0.6 is 22.9 Å². The largest absolute Gasteiger partial charge is 0.492 e. The second kappa shape index (κ2) is 7.31. The van der Waals surface area contributed by atoms with E-state index in [-0.39, 0.29) is 11.9 Å². The van der Waals surface area contributed by atoms with Gasteiger partial charge in [0.1, 0.15) is 5.82 Å². The Hall–Kier alpha value is -2.41. The molecule has 27 heavy (non-hydrogen) atoms. The lowest BCUT2D eigenvalue weighted by molar-refractivity contribution is 0.267. The Morgan fingerprint density at radius 2 is 1.85 bits per heavy atom. The molecule has 7 heteroatoms. The van der Waals surface area contributed by atoms with E-state index in [0.29, 0.717) is 22.4 Å². The summed E-state index contributed by atoms with van der Waals surface area (Å²) in [7, 11) is 2.03. The van der Waals surface area contributed by atoms with Gasteiger partial charge in [-0.05, 0) is 31.2 Å². The molecule has 4 rings (SSSR count). The molecule has 0 amide bonds. The summed E-state index contributed by atoms with van der Waals surface area (Å²) in [5.74, 6) is 0.746. The van der Waals surface area contributed by atoms with Crippen LogP contribution in [0.4, 0.5) is 0 Å². The summed E-state index contributed by atoms with van der Waals surface area (Å²) in [5.41, 5.74) is 2.13. The Morgan fingerprint density at radius 3 is 2.56 bits per heavy atom. The predicted octanol–water partition coefficient (Wildman–Crippen LogP) is 4.68. The van der Waals surface area contributed by atoms with Gasteiger partial charge in [-0.1, -0.05) is 71.5 Å². The molecule has 0 unspecified atom stereocenters. The Morgan fingerprint density at radius 1 is 1.15 bits per heavy atom. The summed E-state index contributed by atoms with van der Waals surface area (Å²) in [6.07, 6.45) is 0. The molecule has 0 aliphatic rings. The van der Waals surface area contributed by atoms with Gasteiger partial charge in [0, 0.05) is 11.6 Å². The molecule has 0 spiro atoms. The molecule has 0 radical (unpaired) electrons. The van der Waals surface area contributed by atoms with Crippen molar-refractivity contribution in [3.05, 3.63) is 81.4 Å². The highest BCUT2D eigenvalue weighted by Gasteiger charge is 2.29. The monoisotopic (exact) mass is 398 g/mol. The van der Waals surface area contributed by atoms with Gasteiger partial charge >= 0.3 is 0 Å². The number of halogens is 1. The van der Waals surface area contributed by atoms with Crippen LogP contribution in [0, 0.1) is 6.92 Å². The van der Waals surface area contributed by atoms with Crippen molar-refractivity contribution in [3.63, 3.8) is 0 Å². The van der Waals surface area contributed by atoms with Crippen molar-refractivity contribution >= 4 is 27.9 Å². The number of benzene rings is 2. The predicted molar refractivity (Wildman–Crippen MR) is 108 cm³/mol. The number of thiazole rings is 1. The third kappa shape index (κ3) is 3.43. The maximum absolute atomic E-state index is 10.8. The molecule has 2 aromatic heterocycles. The van der Waals surface area contributed by atoms with Crippen molar-refractivity contribution in [3.8, 4) is 5.88 Å². The average molecular weight is 399 g/mol. The quantitative estimate of drug-likeness (QED) is 0.530. The number of rotatable bonds is 5. The number of aromatic nitrogens is 3. The van der Waals surface area contributed by atoms with Crippen LogP contribution in [0.3, 0.4) is 0 Å². The van der Waals surface area contributed by atoms with E-state index in [1.807, 2.05) is 56.4 Å². The fourth-order valence-corrected chi connectivity index (χ4v) is 4.69. The number of aromatic hydroxyl groups is 1. The van der Waals surface area contributed by atoms with Crippen molar-refractivity contribution < 1.29 is 5.11 Å². The summed E-state index contributed by atoms with van der Waals surface area (Å²) in [4.78, 5) is 8.02. The number of fused-ring (bicyclic) bond motifs is 1. The van der Waals surface area contributed by atoms with Crippen LogP contribution in [-0.4, -0.2) is 31.7 Å². The van der Waals surface area contributed by atoms with Gasteiger partial charge in [0.15, 0.2) is 0 Å². The Kier molecular flexibility index (Phi) is 4.86. The standard InChI is InChI=1S/C20H19ClN4OS/c1-13-22-20-25(23-13)19(26)18(27-20)17(15-10-6-7-11-16(15)21)24(2)12-14-8-4-3-5-9-14/h3-11,17,26H,12H2,1-2H3/t17-/m0/s1. The fraction of sp³-hybridized carbons (Fsp3) is 0.200. The maximum atomic E-state index is 10.8. The first-order chi connectivity index (χ1) is 13.0. The molecule has 5 nitrogen and oxygen atoms in total. The Labute approximate surface area is 166 Å². The number of hydrogen-bond acceptors (Lipinski definition) is 5. The highest BCUT2D eigenvalue weighted by molar-refractivity contribution is 7.17. The van der Waals surface area contributed by atoms with Crippen molar-refractivity contribution in [1.82, 2.24) is 19.5 Å². The summed E-state index contributed by atoms with van der Waals surface area (Å²) >= 11 is 7.96. The fourth-order valence-electron chi connectivity index (χ4n) is 3.26. The summed E-state index contributed by atoms with van der Waals surface area (Å²) in [6, 6.07) is 17.8. The molecule has 4 aromatic rings. The lowest BCUT2D eigenvalue weighted by Crippen LogP contribution is -2.25. The minimum atomic E-state index is -0.215. The van der Waals surface area contributed by atoms with Crippen LogP contribution in [0.15, 0.2) is 54.6 Å². The molecule has 2 aromatic carbocycles. The van der Waals surface area contributed by atoms with Crippen LogP contribution in [0.5, 0.6) is 5.88 Å². The van der Waals surface area contributed by atoms with Crippen LogP contribution in [0.1, 0.15) is 27.9 Å². The first kappa shape index (κ1) is 18.0. The summed E-state index contributed by atoms with van der Waals surface area (Å²) in [5, 5.41) is 15.8. The van der Waals surface area contributed by atoms with E-state index in [1.54, 1.807) is 0 Å². The molecule has 1 atom stereocenters. The molecule has 0 aliphatic carbocycles. The second-order valence-electron chi connectivity index (χ2n) is 6.47. The topological polar surface area (TPSA) is 53.7 Å². The van der Waals surface area contributed by atoms with Crippen molar-refractivity contribution in [2.24, 2.45) is 0 Å². The van der Waals surface area contributed by atoms with E-state index in [2.05, 4.69) is 27.1 Å². The maximum Gasteiger partial charge on any atom is 0.230 e. The van der Waals surface area contributed by atoms with Gasteiger partial charge in [0.2, 0.25) is 10.8 Å². The summed E-state index contributed by atoms with van der Waals surface area (Å²) < 4.78 is 1.50. The summed E-state index contributed by atoms with van der Waals surface area (Å²) in [6.45, 7) is 2.52. The van der Waals surface area contributed by atoms with Crippen LogP contribution < -0.4 is 0 Å². The molecule has 0 fully saturated rings. The van der Waals surface area contributed by atoms with Crippen LogP contribution in [0.2, 0.25) is 5.02 Å². The lowest BCUT2D eigenvalue weighted by Gasteiger charge is -2.28. The van der Waals surface area contributed by atoms with Gasteiger partial charge in [-0.15, -0.1) is 5.10 Å². The van der Waals surface area contributed by atoms with E-state index in [0.717, 1.165) is 10.4 Å². The van der Waals surface area contributed by atoms with Gasteiger partial charge < -0.3 is 5.11 Å². The first-order valence-corrected chi connectivity index (χ1v) is 9.77. The normalized spacial score (nSPS) is 12.7. The molecule has 0 saturated heterocycles. The van der Waals surface area contributed by atoms with Gasteiger partial charge in [0.05, 0.1) is 10.9 Å². The molecular weight excluding hydrogens is 380 g/mol. The van der Waals surface area contributed by atoms with Crippen molar-refractivity contribution in [2.45, 2.75) is 19.5 Å². The van der Waals surface area contributed by atoms with Gasteiger partial charge in [-0.2, -0.15) is 4.52 Å². The zero-order chi connectivity index (χ0) is 19.0. The van der Waals surface area contributed by atoms with E-state index < -0.39 is 0 Å². The van der Waals surface area contributed by atoms with Gasteiger partial charge in [-0.3, -0.25) is 4.90 Å². The Balaban J connectivity index is 1.81. The average Bonchev–Trinajstić information content (AvgIpc) is 3.15. The van der Waals surface area contributed by atoms with Crippen LogP contribution in [-0.2, 0) is 6.54 Å². The van der Waals surface area contributed by atoms with E-state index >= 15 is 0 Å². The number of nitrogens with zero attached hydrogens (tertiary/aromatic N) is 4. The molecule has 0 aliphatic heterocycles. The molecule has 138 valence electrons. The third-order valence-electron chi connectivity index (χ3n) is 4.47. The number of aryl methyl sites for hydroxylation is 1. The second-order valence-corrected chi connectivity index (χ2v) is 7.88. The smallest absolute Gasteiger partial charge is 0.230 e. The lowest BCUT2D eigenvalue weighted by atomic mass is 10.0. The molecule has 1 N–H and O–H groups in total. The van der Waals surface area contributed by atoms with Gasteiger partial charge in [-0.25, -0.2) is 4.98 Å². The highest BCUT2D eigenvalue weighted by Crippen LogP contribution is 2.41. The zero-order valence-corrected chi connectivity index (χ0v) is 16.6. The van der Waals surface area contributed by atoms with E-state index in [9.17, 15) is 5.11 Å². The highest BCUT2D eigenvalue weighted by atomic mass is 35.5. The van der Waals surface area contributed by atoms with Gasteiger partial charge in [0.25, 0.3) is 0 Å². The van der Waals surface area contributed by atoms with Crippen molar-refractivity contribution in [2.75, 3.05) is 7.05 Å². The third-order valence-corrected chi connectivity index (χ3v) is 5.89. The Bertz CT molecular complexity index is 1080. The number of hydrogen-bond donors (Lipinski definition) is 1. The van der Waals surface area contributed by atoms with E-state index in [1.165, 1.54) is 21.4 Å². The molecule has 0 saturated carbocycles. The van der Waals surface area contributed by atoms with Crippen molar-refractivity contribution in [1.29, 1.82) is 0 Å². The molecule has 0 bridgehead atoms. The zero-order valence-electron chi connectivity index (χ0n) is 15.0. The SMILES string of the molecule is Cc1nc2sc([C@H](c3ccccc3Cl)N(C)Cc3ccccc3)c(O)n2n1. The molecule has 2 heterocycles. The molecular formula is C20H19ClN4OS. The minimum Gasteiger partial charge on any atom is -0.492 e.